The van der Waals surface area contributed by atoms with Crippen molar-refractivity contribution in [1.29, 1.82) is 0 Å². The molecule has 20 heavy (non-hydrogen) atoms. The predicted octanol–water partition coefficient (Wildman–Crippen LogP) is 2.61. The summed E-state index contributed by atoms with van der Waals surface area (Å²) in [4.78, 5) is 16.9. The second-order valence-electron chi connectivity index (χ2n) is 4.96. The number of rotatable bonds is 4. The van der Waals surface area contributed by atoms with E-state index in [9.17, 15) is 4.79 Å². The fourth-order valence-corrected chi connectivity index (χ4v) is 3.18. The Labute approximate surface area is 120 Å². The van der Waals surface area contributed by atoms with Gasteiger partial charge in [-0.2, -0.15) is 5.10 Å². The van der Waals surface area contributed by atoms with Crippen molar-refractivity contribution in [3.63, 3.8) is 0 Å². The highest BCUT2D eigenvalue weighted by atomic mass is 32.1. The molecule has 0 saturated carbocycles. The van der Waals surface area contributed by atoms with Crippen LogP contribution in [-0.2, 0) is 6.54 Å². The maximum atomic E-state index is 12.5. The van der Waals surface area contributed by atoms with Gasteiger partial charge in [-0.1, -0.05) is 0 Å². The third-order valence-electron chi connectivity index (χ3n) is 3.49. The quantitative estimate of drug-likeness (QED) is 0.741. The van der Waals surface area contributed by atoms with Crippen LogP contribution in [0.2, 0.25) is 0 Å². The largest absolute Gasteiger partial charge is 0.295 e. The van der Waals surface area contributed by atoms with Crippen LogP contribution in [0.1, 0.15) is 24.9 Å². The molecule has 0 aliphatic heterocycles. The van der Waals surface area contributed by atoms with Crippen molar-refractivity contribution in [3.05, 3.63) is 46.1 Å². The predicted molar refractivity (Wildman–Crippen MR) is 80.2 cm³/mol. The molecular weight excluding hydrogens is 272 g/mol. The normalized spacial score (nSPS) is 12.9. The minimum atomic E-state index is 0.0565. The molecule has 1 atom stereocenters. The summed E-state index contributed by atoms with van der Waals surface area (Å²) in [6, 6.07) is 2.00. The summed E-state index contributed by atoms with van der Waals surface area (Å²) >= 11 is 1.47. The van der Waals surface area contributed by atoms with E-state index in [2.05, 4.69) is 10.1 Å². The Bertz CT molecular complexity index is 772. The SMILES string of the molecule is Cc1csc2c(=O)n([C@H](C)CCn3cccn3)cnc12. The highest BCUT2D eigenvalue weighted by molar-refractivity contribution is 7.17. The Balaban J connectivity index is 1.86. The summed E-state index contributed by atoms with van der Waals surface area (Å²) in [5, 5.41) is 6.16. The lowest BCUT2D eigenvalue weighted by molar-refractivity contribution is 0.436. The molecule has 6 heteroatoms. The van der Waals surface area contributed by atoms with Crippen LogP contribution < -0.4 is 5.56 Å². The van der Waals surface area contributed by atoms with Gasteiger partial charge in [0.15, 0.2) is 0 Å². The first-order chi connectivity index (χ1) is 9.66. The molecule has 3 rings (SSSR count). The van der Waals surface area contributed by atoms with Crippen LogP contribution in [0.15, 0.2) is 35.0 Å². The lowest BCUT2D eigenvalue weighted by Crippen LogP contribution is -2.24. The Hall–Kier alpha value is -1.95. The minimum absolute atomic E-state index is 0.0565. The van der Waals surface area contributed by atoms with Crippen LogP contribution in [0.5, 0.6) is 0 Å². The van der Waals surface area contributed by atoms with Crippen LogP contribution in [0.4, 0.5) is 0 Å². The van der Waals surface area contributed by atoms with Crippen LogP contribution in [0, 0.1) is 6.92 Å². The summed E-state index contributed by atoms with van der Waals surface area (Å²) in [5.41, 5.74) is 1.95. The van der Waals surface area contributed by atoms with Crippen molar-refractivity contribution < 1.29 is 0 Å². The van der Waals surface area contributed by atoms with Crippen LogP contribution >= 0.6 is 11.3 Å². The van der Waals surface area contributed by atoms with E-state index < -0.39 is 0 Å². The van der Waals surface area contributed by atoms with Gasteiger partial charge in [0.1, 0.15) is 4.70 Å². The average Bonchev–Trinajstić information content (AvgIpc) is 3.07. The Kier molecular flexibility index (Phi) is 3.40. The summed E-state index contributed by atoms with van der Waals surface area (Å²) in [5.74, 6) is 0. The van der Waals surface area contributed by atoms with Crippen molar-refractivity contribution in [2.45, 2.75) is 32.9 Å². The fraction of sp³-hybridized carbons (Fsp3) is 0.357. The summed E-state index contributed by atoms with van der Waals surface area (Å²) < 4.78 is 4.35. The van der Waals surface area contributed by atoms with Crippen molar-refractivity contribution in [2.75, 3.05) is 0 Å². The van der Waals surface area contributed by atoms with E-state index in [0.717, 1.165) is 28.7 Å². The monoisotopic (exact) mass is 288 g/mol. The third kappa shape index (κ3) is 2.27. The molecule has 3 aromatic rings. The molecule has 5 nitrogen and oxygen atoms in total. The summed E-state index contributed by atoms with van der Waals surface area (Å²) in [7, 11) is 0. The molecule has 3 heterocycles. The molecule has 0 bridgehead atoms. The van der Waals surface area contributed by atoms with Gasteiger partial charge in [-0.15, -0.1) is 11.3 Å². The lowest BCUT2D eigenvalue weighted by Gasteiger charge is -2.14. The van der Waals surface area contributed by atoms with E-state index in [1.807, 2.05) is 36.2 Å². The average molecular weight is 288 g/mol. The first-order valence-corrected chi connectivity index (χ1v) is 7.47. The van der Waals surface area contributed by atoms with Gasteiger partial charge in [0.05, 0.1) is 11.8 Å². The highest BCUT2D eigenvalue weighted by Crippen LogP contribution is 2.20. The van der Waals surface area contributed by atoms with Crippen LogP contribution in [0.25, 0.3) is 10.2 Å². The zero-order chi connectivity index (χ0) is 14.1. The van der Waals surface area contributed by atoms with Crippen molar-refractivity contribution >= 4 is 21.6 Å². The molecular formula is C14H16N4OS. The van der Waals surface area contributed by atoms with Crippen LogP contribution in [0.3, 0.4) is 0 Å². The van der Waals surface area contributed by atoms with E-state index in [1.54, 1.807) is 17.1 Å². The molecule has 0 radical (unpaired) electrons. The first-order valence-electron chi connectivity index (χ1n) is 6.59. The van der Waals surface area contributed by atoms with E-state index in [4.69, 9.17) is 0 Å². The second-order valence-corrected chi connectivity index (χ2v) is 5.84. The smallest absolute Gasteiger partial charge is 0.271 e. The minimum Gasteiger partial charge on any atom is -0.295 e. The number of aryl methyl sites for hydroxylation is 2. The number of hydrogen-bond donors (Lipinski definition) is 0. The zero-order valence-corrected chi connectivity index (χ0v) is 12.3. The zero-order valence-electron chi connectivity index (χ0n) is 11.5. The third-order valence-corrected chi connectivity index (χ3v) is 4.57. The second kappa shape index (κ2) is 5.20. The highest BCUT2D eigenvalue weighted by Gasteiger charge is 2.12. The molecule has 0 aliphatic rings. The standard InChI is InChI=1S/C14H16N4OS/c1-10-8-20-13-12(10)15-9-18(14(13)19)11(2)4-7-17-6-3-5-16-17/h3,5-6,8-9,11H,4,7H2,1-2H3/t11-/m1/s1. The number of nitrogens with zero attached hydrogens (tertiary/aromatic N) is 4. The maximum absolute atomic E-state index is 12.5. The number of hydrogen-bond acceptors (Lipinski definition) is 4. The molecule has 0 aromatic carbocycles. The summed E-state index contributed by atoms with van der Waals surface area (Å²) in [6.45, 7) is 4.82. The van der Waals surface area contributed by atoms with E-state index in [0.29, 0.717) is 0 Å². The van der Waals surface area contributed by atoms with Crippen molar-refractivity contribution in [2.24, 2.45) is 0 Å². The van der Waals surface area contributed by atoms with E-state index in [1.165, 1.54) is 11.3 Å². The van der Waals surface area contributed by atoms with Gasteiger partial charge in [0.2, 0.25) is 0 Å². The molecule has 3 aromatic heterocycles. The molecule has 0 spiro atoms. The Morgan fingerprint density at radius 1 is 1.45 bits per heavy atom. The van der Waals surface area contributed by atoms with Gasteiger partial charge in [-0.25, -0.2) is 4.98 Å². The molecule has 0 unspecified atom stereocenters. The molecule has 0 N–H and O–H groups in total. The van der Waals surface area contributed by atoms with Gasteiger partial charge in [0, 0.05) is 25.0 Å². The number of thiophene rings is 1. The molecule has 104 valence electrons. The number of aromatic nitrogens is 4. The Morgan fingerprint density at radius 2 is 2.30 bits per heavy atom. The molecule has 0 fully saturated rings. The van der Waals surface area contributed by atoms with Crippen molar-refractivity contribution in [3.8, 4) is 0 Å². The van der Waals surface area contributed by atoms with Crippen LogP contribution in [-0.4, -0.2) is 19.3 Å². The van der Waals surface area contributed by atoms with Gasteiger partial charge >= 0.3 is 0 Å². The lowest BCUT2D eigenvalue weighted by atomic mass is 10.2. The molecule has 0 aliphatic carbocycles. The van der Waals surface area contributed by atoms with E-state index >= 15 is 0 Å². The fourth-order valence-electron chi connectivity index (χ4n) is 2.24. The number of fused-ring (bicyclic) bond motifs is 1. The van der Waals surface area contributed by atoms with Gasteiger partial charge in [0.25, 0.3) is 5.56 Å². The Morgan fingerprint density at radius 3 is 3.05 bits per heavy atom. The summed E-state index contributed by atoms with van der Waals surface area (Å²) in [6.07, 6.45) is 6.20. The van der Waals surface area contributed by atoms with E-state index in [-0.39, 0.29) is 11.6 Å². The first kappa shape index (κ1) is 13.1. The van der Waals surface area contributed by atoms with Crippen molar-refractivity contribution in [1.82, 2.24) is 19.3 Å². The topological polar surface area (TPSA) is 52.7 Å². The molecule has 0 amide bonds. The van der Waals surface area contributed by atoms with Gasteiger partial charge in [-0.05, 0) is 37.3 Å². The maximum Gasteiger partial charge on any atom is 0.271 e. The molecule has 0 saturated heterocycles. The van der Waals surface area contributed by atoms with Gasteiger partial charge < -0.3 is 0 Å². The van der Waals surface area contributed by atoms with Gasteiger partial charge in [-0.3, -0.25) is 14.0 Å².